The van der Waals surface area contributed by atoms with Gasteiger partial charge in [-0.15, -0.1) is 0 Å². The largest absolute Gasteiger partial charge is 0.309 e. The number of nitrogens with two attached hydrogens (primary N) is 2. The fraction of sp³-hybridized carbons (Fsp3) is 0.667. The quantitative estimate of drug-likeness (QED) is 0.338. The highest BCUT2D eigenvalue weighted by Crippen LogP contribution is 1.66. The Kier molecular flexibility index (Phi) is 2.84. The molecule has 0 aromatic rings. The Morgan fingerprint density at radius 2 is 2.17 bits per heavy atom. The summed E-state index contributed by atoms with van der Waals surface area (Å²) in [5.41, 5.74) is 9.84. The van der Waals surface area contributed by atoms with Gasteiger partial charge in [0.05, 0.1) is 6.92 Å². The van der Waals surface area contributed by atoms with Crippen molar-refractivity contribution in [2.75, 3.05) is 6.61 Å². The second kappa shape index (κ2) is 2.96. The lowest BCUT2D eigenvalue weighted by Gasteiger charge is -1.97. The van der Waals surface area contributed by atoms with Gasteiger partial charge in [0, 0.05) is 0 Å². The molecule has 0 aromatic heterocycles. The van der Waals surface area contributed by atoms with Gasteiger partial charge in [-0.05, 0) is 0 Å². The zero-order valence-corrected chi connectivity index (χ0v) is 3.55. The SMILES string of the molecule is [CH2+]COC(N)N. The van der Waals surface area contributed by atoms with Crippen molar-refractivity contribution in [3.8, 4) is 0 Å². The van der Waals surface area contributed by atoms with Crippen LogP contribution in [0.5, 0.6) is 0 Å². The van der Waals surface area contributed by atoms with E-state index in [0.717, 1.165) is 0 Å². The van der Waals surface area contributed by atoms with E-state index in [1.807, 2.05) is 0 Å². The summed E-state index contributed by atoms with van der Waals surface area (Å²) in [6, 6.07) is 0. The second-order valence-electron chi connectivity index (χ2n) is 0.835. The van der Waals surface area contributed by atoms with Crippen LogP contribution < -0.4 is 11.5 Å². The van der Waals surface area contributed by atoms with Gasteiger partial charge in [-0.2, -0.15) is 0 Å². The molecular formula is C3H9N2O+. The highest BCUT2D eigenvalue weighted by Gasteiger charge is 1.87. The van der Waals surface area contributed by atoms with Gasteiger partial charge in [-0.1, -0.05) is 0 Å². The van der Waals surface area contributed by atoms with Crippen LogP contribution >= 0.6 is 0 Å². The average Bonchev–Trinajstić information content (AvgIpc) is 1.35. The van der Waals surface area contributed by atoms with Gasteiger partial charge in [-0.25, -0.2) is 0 Å². The van der Waals surface area contributed by atoms with Gasteiger partial charge in [0.25, 0.3) is 0 Å². The van der Waals surface area contributed by atoms with E-state index in [1.54, 1.807) is 0 Å². The summed E-state index contributed by atoms with van der Waals surface area (Å²) in [4.78, 5) is 0. The molecule has 6 heavy (non-hydrogen) atoms. The van der Waals surface area contributed by atoms with E-state index in [1.165, 1.54) is 0 Å². The first-order chi connectivity index (χ1) is 2.77. The van der Waals surface area contributed by atoms with Crippen molar-refractivity contribution in [1.82, 2.24) is 0 Å². The van der Waals surface area contributed by atoms with Crippen LogP contribution in [0.4, 0.5) is 0 Å². The van der Waals surface area contributed by atoms with Crippen molar-refractivity contribution < 1.29 is 4.74 Å². The molecule has 0 unspecified atom stereocenters. The Morgan fingerprint density at radius 1 is 1.67 bits per heavy atom. The third kappa shape index (κ3) is 3.75. The summed E-state index contributed by atoms with van der Waals surface area (Å²) < 4.78 is 4.49. The fourth-order valence-corrected chi connectivity index (χ4v) is 0.136. The van der Waals surface area contributed by atoms with Crippen LogP contribution in [0.2, 0.25) is 0 Å². The second-order valence-corrected chi connectivity index (χ2v) is 0.835. The van der Waals surface area contributed by atoms with Crippen LogP contribution in [-0.2, 0) is 4.74 Å². The molecule has 0 radical (unpaired) electrons. The van der Waals surface area contributed by atoms with E-state index in [-0.39, 0.29) is 0 Å². The van der Waals surface area contributed by atoms with Crippen LogP contribution in [-0.4, -0.2) is 13.0 Å². The number of hydrogen-bond acceptors (Lipinski definition) is 3. The molecular weight excluding hydrogens is 80.0 g/mol. The molecule has 3 nitrogen and oxygen atoms in total. The third-order valence-electron chi connectivity index (χ3n) is 0.310. The maximum absolute atomic E-state index is 4.92. The number of hydrogen-bond donors (Lipinski definition) is 2. The van der Waals surface area contributed by atoms with Gasteiger partial charge in [-0.3, -0.25) is 11.5 Å². The van der Waals surface area contributed by atoms with Gasteiger partial charge >= 0.3 is 0 Å². The fourth-order valence-electron chi connectivity index (χ4n) is 0.136. The topological polar surface area (TPSA) is 61.3 Å². The number of rotatable bonds is 2. The molecule has 36 valence electrons. The van der Waals surface area contributed by atoms with Crippen LogP contribution in [0.3, 0.4) is 0 Å². The Balaban J connectivity index is 2.63. The predicted molar refractivity (Wildman–Crippen MR) is 23.5 cm³/mol. The molecule has 0 fully saturated rings. The molecule has 0 aromatic carbocycles. The zero-order chi connectivity index (χ0) is 4.99. The smallest absolute Gasteiger partial charge is 0.187 e. The molecule has 0 aliphatic heterocycles. The van der Waals surface area contributed by atoms with Crippen molar-refractivity contribution >= 4 is 0 Å². The third-order valence-corrected chi connectivity index (χ3v) is 0.310. The minimum atomic E-state index is -0.664. The maximum Gasteiger partial charge on any atom is 0.187 e. The Hall–Kier alpha value is -0.250. The maximum atomic E-state index is 4.92. The molecule has 0 heterocycles. The first kappa shape index (κ1) is 5.75. The van der Waals surface area contributed by atoms with E-state index < -0.39 is 6.35 Å². The first-order valence-corrected chi connectivity index (χ1v) is 1.69. The Labute approximate surface area is 37.3 Å². The lowest BCUT2D eigenvalue weighted by atomic mass is 10.8. The highest BCUT2D eigenvalue weighted by atomic mass is 16.5. The van der Waals surface area contributed by atoms with Crippen molar-refractivity contribution in [3.05, 3.63) is 6.92 Å². The van der Waals surface area contributed by atoms with Crippen molar-refractivity contribution in [2.45, 2.75) is 6.35 Å². The van der Waals surface area contributed by atoms with Crippen molar-refractivity contribution in [1.29, 1.82) is 0 Å². The molecule has 0 saturated heterocycles. The molecule has 0 rings (SSSR count). The molecule has 0 saturated carbocycles. The summed E-state index contributed by atoms with van der Waals surface area (Å²) in [6.45, 7) is 3.67. The summed E-state index contributed by atoms with van der Waals surface area (Å²) in [7, 11) is 0. The molecule has 3 heteroatoms. The minimum absolute atomic E-state index is 0.331. The summed E-state index contributed by atoms with van der Waals surface area (Å²) in [5.74, 6) is 0. The first-order valence-electron chi connectivity index (χ1n) is 1.69. The molecule has 0 atom stereocenters. The average molecular weight is 89.1 g/mol. The molecule has 0 amide bonds. The van der Waals surface area contributed by atoms with Crippen LogP contribution in [0.1, 0.15) is 0 Å². The van der Waals surface area contributed by atoms with E-state index in [2.05, 4.69) is 11.7 Å². The number of ether oxygens (including phenoxy) is 1. The highest BCUT2D eigenvalue weighted by molar-refractivity contribution is 4.32. The minimum Gasteiger partial charge on any atom is -0.309 e. The predicted octanol–water partition coefficient (Wildman–Crippen LogP) is -0.962. The Bertz CT molecular complexity index is 30.0. The summed E-state index contributed by atoms with van der Waals surface area (Å²) >= 11 is 0. The molecule has 0 aliphatic carbocycles. The van der Waals surface area contributed by atoms with Crippen LogP contribution in [0, 0.1) is 6.92 Å². The Morgan fingerprint density at radius 3 is 2.17 bits per heavy atom. The van der Waals surface area contributed by atoms with Crippen molar-refractivity contribution in [2.24, 2.45) is 11.5 Å². The van der Waals surface area contributed by atoms with Gasteiger partial charge < -0.3 is 4.74 Å². The molecule has 4 N–H and O–H groups in total. The summed E-state index contributed by atoms with van der Waals surface area (Å²) in [5, 5.41) is 0. The molecule has 0 bridgehead atoms. The van der Waals surface area contributed by atoms with Gasteiger partial charge in [0.15, 0.2) is 13.0 Å². The lowest BCUT2D eigenvalue weighted by molar-refractivity contribution is 0.0834. The summed E-state index contributed by atoms with van der Waals surface area (Å²) in [6.07, 6.45) is -0.664. The zero-order valence-electron chi connectivity index (χ0n) is 3.55. The van der Waals surface area contributed by atoms with Gasteiger partial charge in [0.2, 0.25) is 0 Å². The van der Waals surface area contributed by atoms with E-state index in [0.29, 0.717) is 6.61 Å². The van der Waals surface area contributed by atoms with E-state index >= 15 is 0 Å². The normalized spacial score (nSPS) is 9.83. The van der Waals surface area contributed by atoms with Crippen molar-refractivity contribution in [3.63, 3.8) is 0 Å². The molecule has 0 spiro atoms. The van der Waals surface area contributed by atoms with E-state index in [9.17, 15) is 0 Å². The van der Waals surface area contributed by atoms with Crippen LogP contribution in [0.15, 0.2) is 0 Å². The van der Waals surface area contributed by atoms with Crippen LogP contribution in [0.25, 0.3) is 0 Å². The van der Waals surface area contributed by atoms with Gasteiger partial charge in [0.1, 0.15) is 0 Å². The van der Waals surface area contributed by atoms with E-state index in [4.69, 9.17) is 11.5 Å². The standard InChI is InChI=1S/C3H9N2O/c1-2-6-3(4)5/h3H,1-2,4-5H2/q+1. The lowest BCUT2D eigenvalue weighted by Crippen LogP contribution is -2.33. The molecule has 0 aliphatic rings. The monoisotopic (exact) mass is 89.1 g/mol.